The normalized spacial score (nSPS) is 23.8. The van der Waals surface area contributed by atoms with Crippen molar-refractivity contribution < 1.29 is 19.1 Å². The Bertz CT molecular complexity index is 624. The minimum Gasteiger partial charge on any atom is -0.490 e. The summed E-state index contributed by atoms with van der Waals surface area (Å²) in [7, 11) is 1.76. The molecule has 24 heavy (non-hydrogen) atoms. The molecule has 0 spiro atoms. The second-order valence-corrected chi connectivity index (χ2v) is 5.93. The van der Waals surface area contributed by atoms with E-state index >= 15 is 0 Å². The third-order valence-electron chi connectivity index (χ3n) is 4.41. The molecular formula is C16H22N4O4. The number of nitrogens with two attached hydrogens (primary N) is 1. The van der Waals surface area contributed by atoms with Crippen molar-refractivity contribution in [3.63, 3.8) is 0 Å². The highest BCUT2D eigenvalue weighted by atomic mass is 16.5. The topological polar surface area (TPSA) is 98.0 Å². The van der Waals surface area contributed by atoms with Gasteiger partial charge in [-0.1, -0.05) is 0 Å². The van der Waals surface area contributed by atoms with Crippen LogP contribution in [0.25, 0.3) is 0 Å². The molecule has 8 heteroatoms. The number of aromatic nitrogens is 1. The molecule has 2 atom stereocenters. The smallest absolute Gasteiger partial charge is 0.276 e. The van der Waals surface area contributed by atoms with Gasteiger partial charge in [-0.3, -0.25) is 9.59 Å². The molecule has 0 unspecified atom stereocenters. The van der Waals surface area contributed by atoms with E-state index in [-0.39, 0.29) is 29.7 Å². The first-order chi connectivity index (χ1) is 11.6. The molecule has 1 aromatic rings. The Balaban J connectivity index is 1.76. The maximum absolute atomic E-state index is 12.8. The van der Waals surface area contributed by atoms with Crippen LogP contribution in [0.4, 0.5) is 0 Å². The van der Waals surface area contributed by atoms with Gasteiger partial charge >= 0.3 is 0 Å². The number of rotatable bonds is 4. The Morgan fingerprint density at radius 2 is 2.33 bits per heavy atom. The van der Waals surface area contributed by atoms with E-state index in [4.69, 9.17) is 15.2 Å². The van der Waals surface area contributed by atoms with Crippen LogP contribution in [0.1, 0.15) is 16.9 Å². The van der Waals surface area contributed by atoms with Crippen molar-refractivity contribution in [2.75, 3.05) is 39.9 Å². The molecule has 0 aromatic carbocycles. The number of hydrogen-bond acceptors (Lipinski definition) is 6. The number of fused-ring (bicyclic) bond motifs is 1. The second-order valence-electron chi connectivity index (χ2n) is 5.93. The van der Waals surface area contributed by atoms with Crippen molar-refractivity contribution in [1.82, 2.24) is 14.8 Å². The van der Waals surface area contributed by atoms with Crippen molar-refractivity contribution >= 4 is 11.8 Å². The van der Waals surface area contributed by atoms with Crippen LogP contribution in [0.2, 0.25) is 0 Å². The highest BCUT2D eigenvalue weighted by Gasteiger charge is 2.42. The second kappa shape index (κ2) is 7.14. The van der Waals surface area contributed by atoms with E-state index in [1.807, 2.05) is 0 Å². The summed E-state index contributed by atoms with van der Waals surface area (Å²) < 4.78 is 11.3. The monoisotopic (exact) mass is 334 g/mol. The number of carbonyl (C=O) groups excluding carboxylic acids is 2. The highest BCUT2D eigenvalue weighted by Crippen LogP contribution is 2.25. The van der Waals surface area contributed by atoms with Crippen LogP contribution in [-0.4, -0.2) is 78.6 Å². The van der Waals surface area contributed by atoms with Crippen LogP contribution in [0.5, 0.6) is 5.75 Å². The lowest BCUT2D eigenvalue weighted by Gasteiger charge is -2.25. The number of likely N-dealkylation sites (tertiary alicyclic amines) is 1. The molecule has 2 fully saturated rings. The van der Waals surface area contributed by atoms with Gasteiger partial charge in [-0.15, -0.1) is 0 Å². The summed E-state index contributed by atoms with van der Waals surface area (Å²) in [5.74, 6) is 0.243. The summed E-state index contributed by atoms with van der Waals surface area (Å²) in [6.07, 6.45) is 1.78. The van der Waals surface area contributed by atoms with Gasteiger partial charge in [0.1, 0.15) is 6.61 Å². The zero-order chi connectivity index (χ0) is 17.1. The molecule has 0 aliphatic carbocycles. The van der Waals surface area contributed by atoms with E-state index in [9.17, 15) is 9.59 Å². The van der Waals surface area contributed by atoms with Crippen molar-refractivity contribution in [2.24, 2.45) is 5.73 Å². The molecule has 2 aliphatic rings. The maximum atomic E-state index is 12.8. The number of ether oxygens (including phenoxy) is 2. The summed E-state index contributed by atoms with van der Waals surface area (Å²) in [6, 6.07) is 3.29. The van der Waals surface area contributed by atoms with E-state index in [1.54, 1.807) is 35.2 Å². The van der Waals surface area contributed by atoms with Gasteiger partial charge in [-0.05, 0) is 12.1 Å². The summed E-state index contributed by atoms with van der Waals surface area (Å²) in [4.78, 5) is 32.3. The number of nitrogens with zero attached hydrogens (tertiary/aromatic N) is 3. The van der Waals surface area contributed by atoms with Crippen LogP contribution in [0, 0.1) is 0 Å². The highest BCUT2D eigenvalue weighted by molar-refractivity contribution is 5.95. The molecule has 0 radical (unpaired) electrons. The van der Waals surface area contributed by atoms with Crippen molar-refractivity contribution in [3.05, 3.63) is 24.0 Å². The molecule has 0 saturated carbocycles. The molecule has 2 amide bonds. The first-order valence-electron chi connectivity index (χ1n) is 8.06. The van der Waals surface area contributed by atoms with Gasteiger partial charge in [0.25, 0.3) is 5.91 Å². The van der Waals surface area contributed by atoms with Gasteiger partial charge in [0.2, 0.25) is 5.91 Å². The molecule has 3 heterocycles. The van der Waals surface area contributed by atoms with Crippen LogP contribution < -0.4 is 10.5 Å². The lowest BCUT2D eigenvalue weighted by molar-refractivity contribution is -0.131. The molecule has 2 aliphatic heterocycles. The zero-order valence-electron chi connectivity index (χ0n) is 13.7. The van der Waals surface area contributed by atoms with Crippen LogP contribution in [0.3, 0.4) is 0 Å². The van der Waals surface area contributed by atoms with Crippen LogP contribution >= 0.6 is 0 Å². The van der Waals surface area contributed by atoms with E-state index in [2.05, 4.69) is 4.98 Å². The maximum Gasteiger partial charge on any atom is 0.276 e. The quantitative estimate of drug-likeness (QED) is 0.796. The third-order valence-corrected chi connectivity index (χ3v) is 4.41. The molecule has 2 saturated heterocycles. The van der Waals surface area contributed by atoms with E-state index in [0.29, 0.717) is 45.0 Å². The first kappa shape index (κ1) is 16.7. The lowest BCUT2D eigenvalue weighted by atomic mass is 10.2. The largest absolute Gasteiger partial charge is 0.490 e. The fourth-order valence-corrected chi connectivity index (χ4v) is 3.10. The number of amides is 2. The summed E-state index contributed by atoms with van der Waals surface area (Å²) in [5, 5.41) is 0. The minimum absolute atomic E-state index is 0.0432. The Kier molecular flexibility index (Phi) is 4.96. The van der Waals surface area contributed by atoms with E-state index in [0.717, 1.165) is 0 Å². The lowest BCUT2D eigenvalue weighted by Crippen LogP contribution is -2.43. The van der Waals surface area contributed by atoms with Gasteiger partial charge in [-0.2, -0.15) is 0 Å². The SMILES string of the molecule is CN1C(=O)CCO[C@H]2CN(C(=O)c3ncccc3OCCN)C[C@@H]21. The third kappa shape index (κ3) is 3.20. The van der Waals surface area contributed by atoms with Crippen molar-refractivity contribution in [3.8, 4) is 5.75 Å². The molecule has 8 nitrogen and oxygen atoms in total. The fraction of sp³-hybridized carbons (Fsp3) is 0.562. The molecule has 3 rings (SSSR count). The van der Waals surface area contributed by atoms with E-state index < -0.39 is 0 Å². The summed E-state index contributed by atoms with van der Waals surface area (Å²) in [6.45, 7) is 1.93. The Morgan fingerprint density at radius 3 is 3.12 bits per heavy atom. The zero-order valence-corrected chi connectivity index (χ0v) is 13.7. The number of likely N-dealkylation sites (N-methyl/N-ethyl adjacent to an activating group) is 1. The molecular weight excluding hydrogens is 312 g/mol. The van der Waals surface area contributed by atoms with Gasteiger partial charge in [-0.25, -0.2) is 4.98 Å². The van der Waals surface area contributed by atoms with Crippen molar-refractivity contribution in [2.45, 2.75) is 18.6 Å². The molecule has 1 aromatic heterocycles. The number of carbonyl (C=O) groups is 2. The average Bonchev–Trinajstić information content (AvgIpc) is 2.97. The van der Waals surface area contributed by atoms with Crippen LogP contribution in [-0.2, 0) is 9.53 Å². The molecule has 130 valence electrons. The average molecular weight is 334 g/mol. The Hall–Kier alpha value is -2.19. The Labute approximate surface area is 140 Å². The first-order valence-corrected chi connectivity index (χ1v) is 8.06. The van der Waals surface area contributed by atoms with Gasteiger partial charge in [0.15, 0.2) is 11.4 Å². The minimum atomic E-state index is -0.222. The predicted octanol–water partition coefficient (Wildman–Crippen LogP) is -0.509. The van der Waals surface area contributed by atoms with Gasteiger partial charge in [0.05, 0.1) is 25.2 Å². The van der Waals surface area contributed by atoms with E-state index in [1.165, 1.54) is 0 Å². The number of pyridine rings is 1. The standard InChI is InChI=1S/C16H22N4O4/c1-19-11-9-20(10-13(11)23-7-4-14(19)21)16(22)15-12(24-8-5-17)3-2-6-18-15/h2-3,6,11,13H,4-5,7-10,17H2,1H3/t11-,13-/m0/s1. The van der Waals surface area contributed by atoms with Crippen molar-refractivity contribution in [1.29, 1.82) is 0 Å². The van der Waals surface area contributed by atoms with Gasteiger partial charge in [0, 0.05) is 32.9 Å². The number of hydrogen-bond donors (Lipinski definition) is 1. The predicted molar refractivity (Wildman–Crippen MR) is 85.6 cm³/mol. The summed E-state index contributed by atoms with van der Waals surface area (Å²) >= 11 is 0. The molecule has 0 bridgehead atoms. The fourth-order valence-electron chi connectivity index (χ4n) is 3.10. The summed E-state index contributed by atoms with van der Waals surface area (Å²) in [5.41, 5.74) is 5.71. The van der Waals surface area contributed by atoms with Gasteiger partial charge < -0.3 is 25.0 Å². The Morgan fingerprint density at radius 1 is 1.50 bits per heavy atom. The molecule has 2 N–H and O–H groups in total. The van der Waals surface area contributed by atoms with Crippen LogP contribution in [0.15, 0.2) is 18.3 Å².